The summed E-state index contributed by atoms with van der Waals surface area (Å²) in [4.78, 5) is 13.0. The van der Waals surface area contributed by atoms with Gasteiger partial charge in [-0.05, 0) is 54.5 Å². The third-order valence-electron chi connectivity index (χ3n) is 9.32. The molecule has 5 rings (SSSR count). The molecule has 1 aliphatic carbocycles. The number of ether oxygens (including phenoxy) is 7. The van der Waals surface area contributed by atoms with Gasteiger partial charge in [-0.2, -0.15) is 0 Å². The van der Waals surface area contributed by atoms with Crippen LogP contribution in [-0.4, -0.2) is 129 Å². The molecule has 0 amide bonds. The molecule has 2 aromatic rings. The molecule has 0 spiro atoms. The fraction of sp³-hybridized carbons (Fsp3) is 0.514. The number of aliphatic hydroxyl groups excluding tert-OH is 6. The van der Waals surface area contributed by atoms with Gasteiger partial charge < -0.3 is 74.0 Å². The van der Waals surface area contributed by atoms with Crippen LogP contribution in [0, 0.1) is 11.8 Å². The van der Waals surface area contributed by atoms with Gasteiger partial charge in [-0.3, -0.25) is 0 Å². The molecule has 0 aromatic heterocycles. The van der Waals surface area contributed by atoms with E-state index in [-0.39, 0.29) is 29.4 Å². The smallest absolute Gasteiger partial charge is 0.331 e. The quantitative estimate of drug-likeness (QED) is 0.0993. The van der Waals surface area contributed by atoms with E-state index in [0.29, 0.717) is 11.1 Å². The highest BCUT2D eigenvalue weighted by atomic mass is 16.8. The first-order valence-electron chi connectivity index (χ1n) is 16.2. The second kappa shape index (κ2) is 16.1. The van der Waals surface area contributed by atoms with E-state index in [1.807, 2.05) is 0 Å². The molecule has 8 N–H and O–H groups in total. The maximum Gasteiger partial charge on any atom is 0.331 e. The highest BCUT2D eigenvalue weighted by Crippen LogP contribution is 2.48. The van der Waals surface area contributed by atoms with Gasteiger partial charge in [0.1, 0.15) is 36.6 Å². The van der Waals surface area contributed by atoms with Crippen LogP contribution in [0.3, 0.4) is 0 Å². The Bertz CT molecular complexity index is 1560. The van der Waals surface area contributed by atoms with Crippen molar-refractivity contribution in [3.63, 3.8) is 0 Å². The summed E-state index contributed by atoms with van der Waals surface area (Å²) in [5.74, 6) is -1.62. The molecule has 1 saturated carbocycles. The minimum absolute atomic E-state index is 0.0127. The van der Waals surface area contributed by atoms with Crippen molar-refractivity contribution in [3.05, 3.63) is 65.9 Å². The molecule has 0 bridgehead atoms. The lowest BCUT2D eigenvalue weighted by Crippen LogP contribution is -2.60. The zero-order valence-corrected chi connectivity index (χ0v) is 28.1. The van der Waals surface area contributed by atoms with Crippen LogP contribution in [0.15, 0.2) is 54.8 Å². The number of hydrogen-bond acceptors (Lipinski definition) is 16. The van der Waals surface area contributed by atoms with Crippen molar-refractivity contribution < 1.29 is 78.8 Å². The largest absolute Gasteiger partial charge is 0.504 e. The molecular weight excluding hydrogens is 676 g/mol. The Labute approximate surface area is 293 Å². The molecule has 16 nitrogen and oxygen atoms in total. The summed E-state index contributed by atoms with van der Waals surface area (Å²) in [6.45, 7) is 0.320. The molecule has 3 aliphatic rings. The van der Waals surface area contributed by atoms with Gasteiger partial charge >= 0.3 is 5.97 Å². The molecule has 2 fully saturated rings. The van der Waals surface area contributed by atoms with Crippen molar-refractivity contribution in [1.29, 1.82) is 0 Å². The van der Waals surface area contributed by atoms with Gasteiger partial charge in [-0.25, -0.2) is 4.79 Å². The van der Waals surface area contributed by atoms with Crippen molar-refractivity contribution in [3.8, 4) is 23.0 Å². The van der Waals surface area contributed by atoms with Crippen LogP contribution in [-0.2, 0) is 23.7 Å². The van der Waals surface area contributed by atoms with Gasteiger partial charge in [0.05, 0.1) is 45.2 Å². The van der Waals surface area contributed by atoms with Crippen molar-refractivity contribution in [2.75, 3.05) is 27.4 Å². The SMILES string of the molecule is COc1cc([C@@H](O)[C@H](CO)Oc2ccc(C=CC(=O)O[C@@H]3C[C@](C)(O)[C@H]4[C@H](O[C@@H]5O[C@H](CO)[C@@H](O)[C@H](O)[C@H]5O)OC=C[C@H]43)cc2OC)ccc1O. The van der Waals surface area contributed by atoms with E-state index in [2.05, 4.69) is 0 Å². The van der Waals surface area contributed by atoms with Crippen LogP contribution in [0.2, 0.25) is 0 Å². The molecule has 0 unspecified atom stereocenters. The molecule has 2 heterocycles. The van der Waals surface area contributed by atoms with Crippen molar-refractivity contribution in [1.82, 2.24) is 0 Å². The van der Waals surface area contributed by atoms with Gasteiger partial charge in [0.15, 0.2) is 35.4 Å². The number of methoxy groups -OCH3 is 2. The predicted octanol–water partition coefficient (Wildman–Crippen LogP) is -0.119. The lowest BCUT2D eigenvalue weighted by Gasteiger charge is -2.43. The van der Waals surface area contributed by atoms with E-state index in [1.54, 1.807) is 18.2 Å². The van der Waals surface area contributed by atoms with E-state index < -0.39 is 91.9 Å². The average Bonchev–Trinajstić information content (AvgIpc) is 3.39. The number of fused-ring (bicyclic) bond motifs is 1. The minimum atomic E-state index is -1.68. The number of benzene rings is 2. The summed E-state index contributed by atoms with van der Waals surface area (Å²) in [5, 5.41) is 82.2. The molecular formula is C35H44O16. The Morgan fingerprint density at radius 1 is 1.00 bits per heavy atom. The number of phenolic OH excluding ortho intramolecular Hbond substituents is 1. The van der Waals surface area contributed by atoms with Crippen LogP contribution in [0.1, 0.15) is 30.6 Å². The number of esters is 1. The third-order valence-corrected chi connectivity index (χ3v) is 9.32. The second-order valence-electron chi connectivity index (χ2n) is 12.8. The first kappa shape index (κ1) is 38.3. The molecule has 0 radical (unpaired) electrons. The number of carbonyl (C=O) groups excluding carboxylic acids is 1. The van der Waals surface area contributed by atoms with Gasteiger partial charge in [-0.15, -0.1) is 0 Å². The van der Waals surface area contributed by atoms with Gasteiger partial charge in [0, 0.05) is 18.4 Å². The van der Waals surface area contributed by atoms with Crippen LogP contribution in [0.25, 0.3) is 6.08 Å². The van der Waals surface area contributed by atoms with Crippen molar-refractivity contribution in [2.24, 2.45) is 11.8 Å². The number of rotatable bonds is 13. The monoisotopic (exact) mass is 720 g/mol. The maximum atomic E-state index is 13.0. The number of phenols is 1. The van der Waals surface area contributed by atoms with Crippen molar-refractivity contribution in [2.45, 2.75) is 74.3 Å². The topological polar surface area (TPSA) is 244 Å². The second-order valence-corrected chi connectivity index (χ2v) is 12.8. The Morgan fingerprint density at radius 2 is 1.75 bits per heavy atom. The minimum Gasteiger partial charge on any atom is -0.504 e. The highest BCUT2D eigenvalue weighted by Gasteiger charge is 2.58. The lowest BCUT2D eigenvalue weighted by atomic mass is 9.85. The molecule has 2 aromatic carbocycles. The van der Waals surface area contributed by atoms with Crippen LogP contribution < -0.4 is 14.2 Å². The molecule has 2 aliphatic heterocycles. The van der Waals surface area contributed by atoms with E-state index >= 15 is 0 Å². The number of hydrogen-bond donors (Lipinski definition) is 8. The number of carbonyl (C=O) groups is 1. The normalized spacial score (nSPS) is 32.9. The summed E-state index contributed by atoms with van der Waals surface area (Å²) >= 11 is 0. The number of aliphatic hydroxyl groups is 7. The van der Waals surface area contributed by atoms with E-state index in [0.717, 1.165) is 0 Å². The zero-order valence-electron chi connectivity index (χ0n) is 28.1. The van der Waals surface area contributed by atoms with E-state index in [9.17, 15) is 45.6 Å². The molecule has 16 heteroatoms. The molecule has 12 atom stereocenters. The first-order chi connectivity index (χ1) is 24.3. The van der Waals surface area contributed by atoms with E-state index in [1.165, 1.54) is 63.8 Å². The van der Waals surface area contributed by atoms with Gasteiger partial charge in [-0.1, -0.05) is 12.1 Å². The standard InChI is InChI=1S/C35H44O16/c1-35(44)14-24(19-10-11-47-33(28(19)35)51-34-32(43)31(42)30(41)26(16-37)50-34)49-27(39)9-5-17-4-8-21(23(12-17)46-3)48-25(15-36)29(40)18-6-7-20(38)22(13-18)45-2/h4-13,19,24-26,28-34,36-38,40-44H,14-16H2,1-3H3/t19-,24+,25-,26+,28+,29+,30+,31-,32+,33-,34-,35-/m0/s1. The highest BCUT2D eigenvalue weighted by molar-refractivity contribution is 5.87. The van der Waals surface area contributed by atoms with Gasteiger partial charge in [0.25, 0.3) is 0 Å². The van der Waals surface area contributed by atoms with Gasteiger partial charge in [0.2, 0.25) is 6.29 Å². The Hall–Kier alpha value is -3.97. The predicted molar refractivity (Wildman–Crippen MR) is 174 cm³/mol. The fourth-order valence-electron chi connectivity index (χ4n) is 6.59. The summed E-state index contributed by atoms with van der Waals surface area (Å²) in [6.07, 6.45) is -6.44. The molecule has 280 valence electrons. The van der Waals surface area contributed by atoms with Crippen LogP contribution in [0.4, 0.5) is 0 Å². The van der Waals surface area contributed by atoms with Crippen LogP contribution in [0.5, 0.6) is 23.0 Å². The third kappa shape index (κ3) is 8.25. The maximum absolute atomic E-state index is 13.0. The summed E-state index contributed by atoms with van der Waals surface area (Å²) < 4.78 is 39.0. The Morgan fingerprint density at radius 3 is 2.43 bits per heavy atom. The summed E-state index contributed by atoms with van der Waals surface area (Å²) in [5.41, 5.74) is -0.611. The average molecular weight is 721 g/mol. The molecule has 51 heavy (non-hydrogen) atoms. The molecule has 1 saturated heterocycles. The summed E-state index contributed by atoms with van der Waals surface area (Å²) in [7, 11) is 2.77. The lowest BCUT2D eigenvalue weighted by molar-refractivity contribution is -0.346. The van der Waals surface area contributed by atoms with Crippen molar-refractivity contribution >= 4 is 12.0 Å². The van der Waals surface area contributed by atoms with Crippen LogP contribution >= 0.6 is 0 Å². The van der Waals surface area contributed by atoms with E-state index in [4.69, 9.17) is 33.2 Å². The fourth-order valence-corrected chi connectivity index (χ4v) is 6.59. The Kier molecular flexibility index (Phi) is 12.1. The summed E-state index contributed by atoms with van der Waals surface area (Å²) in [6, 6.07) is 8.98. The Balaban J connectivity index is 1.22. The number of aromatic hydroxyl groups is 1. The first-order valence-corrected chi connectivity index (χ1v) is 16.2. The zero-order chi connectivity index (χ0) is 37.0.